The number of aromatic nitrogens is 4. The molecular formula is C18H15N5OS. The van der Waals surface area contributed by atoms with Gasteiger partial charge in [0.05, 0.1) is 35.2 Å². The summed E-state index contributed by atoms with van der Waals surface area (Å²) in [7, 11) is 1.87. The largest absolute Gasteiger partial charge is 0.346 e. The molecule has 7 heteroatoms. The summed E-state index contributed by atoms with van der Waals surface area (Å²) in [6.45, 7) is 0.392. The van der Waals surface area contributed by atoms with Gasteiger partial charge in [-0.2, -0.15) is 13.8 Å². The van der Waals surface area contributed by atoms with Gasteiger partial charge in [0.2, 0.25) is 0 Å². The lowest BCUT2D eigenvalue weighted by molar-refractivity contribution is 0.0951. The zero-order valence-corrected chi connectivity index (χ0v) is 14.3. The second kappa shape index (κ2) is 6.45. The monoisotopic (exact) mass is 349 g/mol. The van der Waals surface area contributed by atoms with E-state index in [1.165, 1.54) is 0 Å². The molecule has 0 fully saturated rings. The fraction of sp³-hybridized carbons (Fsp3) is 0.111. The van der Waals surface area contributed by atoms with Gasteiger partial charge in [-0.05, 0) is 18.2 Å². The van der Waals surface area contributed by atoms with Crippen LogP contribution >= 0.6 is 11.7 Å². The summed E-state index contributed by atoms with van der Waals surface area (Å²) < 4.78 is 10.2. The van der Waals surface area contributed by atoms with Crippen LogP contribution in [0.3, 0.4) is 0 Å². The van der Waals surface area contributed by atoms with E-state index in [0.717, 1.165) is 34.2 Å². The van der Waals surface area contributed by atoms with Crippen LogP contribution in [0.25, 0.3) is 22.3 Å². The Balaban J connectivity index is 1.53. The number of amides is 1. The van der Waals surface area contributed by atoms with Crippen molar-refractivity contribution in [2.24, 2.45) is 7.05 Å². The van der Waals surface area contributed by atoms with E-state index >= 15 is 0 Å². The third-order valence-corrected chi connectivity index (χ3v) is 4.55. The van der Waals surface area contributed by atoms with Crippen LogP contribution < -0.4 is 5.32 Å². The van der Waals surface area contributed by atoms with E-state index < -0.39 is 0 Å². The predicted octanol–water partition coefficient (Wildman–Crippen LogP) is 3.02. The minimum atomic E-state index is -0.166. The molecule has 0 unspecified atom stereocenters. The molecule has 0 aliphatic carbocycles. The fourth-order valence-electron chi connectivity index (χ4n) is 2.68. The Morgan fingerprint density at radius 3 is 2.80 bits per heavy atom. The number of carbonyl (C=O) groups excluding carboxylic acids is 1. The van der Waals surface area contributed by atoms with Crippen molar-refractivity contribution < 1.29 is 4.79 Å². The molecule has 0 aliphatic rings. The van der Waals surface area contributed by atoms with Crippen LogP contribution in [0.4, 0.5) is 0 Å². The van der Waals surface area contributed by atoms with Gasteiger partial charge in [0.25, 0.3) is 5.91 Å². The topological polar surface area (TPSA) is 72.7 Å². The number of fused-ring (bicyclic) bond motifs is 1. The third-order valence-electron chi connectivity index (χ3n) is 4.01. The van der Waals surface area contributed by atoms with Crippen molar-refractivity contribution >= 4 is 28.7 Å². The first-order valence-electron chi connectivity index (χ1n) is 7.80. The zero-order valence-electron chi connectivity index (χ0n) is 13.5. The molecule has 4 rings (SSSR count). The average molecular weight is 349 g/mol. The van der Waals surface area contributed by atoms with Gasteiger partial charge < -0.3 is 5.32 Å². The first kappa shape index (κ1) is 15.5. The van der Waals surface area contributed by atoms with Gasteiger partial charge in [0, 0.05) is 12.6 Å². The smallest absolute Gasteiger partial charge is 0.253 e. The molecule has 0 atom stereocenters. The summed E-state index contributed by atoms with van der Waals surface area (Å²) in [5.41, 5.74) is 4.78. The predicted molar refractivity (Wildman–Crippen MR) is 97.2 cm³/mol. The lowest BCUT2D eigenvalue weighted by atomic mass is 10.1. The van der Waals surface area contributed by atoms with Crippen molar-refractivity contribution in [1.29, 1.82) is 0 Å². The van der Waals surface area contributed by atoms with E-state index in [1.807, 2.05) is 55.6 Å². The molecule has 6 nitrogen and oxygen atoms in total. The summed E-state index contributed by atoms with van der Waals surface area (Å²) >= 11 is 1.11. The molecule has 0 aliphatic heterocycles. The maximum absolute atomic E-state index is 12.5. The highest BCUT2D eigenvalue weighted by Gasteiger charge is 2.14. The summed E-state index contributed by atoms with van der Waals surface area (Å²) in [6.07, 6.45) is 0. The molecule has 2 heterocycles. The normalized spacial score (nSPS) is 10.9. The van der Waals surface area contributed by atoms with Crippen molar-refractivity contribution in [2.75, 3.05) is 0 Å². The van der Waals surface area contributed by atoms with Crippen LogP contribution in [0, 0.1) is 0 Å². The summed E-state index contributed by atoms with van der Waals surface area (Å²) in [5.74, 6) is -0.166. The lowest BCUT2D eigenvalue weighted by Gasteiger charge is -2.05. The van der Waals surface area contributed by atoms with Crippen LogP contribution in [0.2, 0.25) is 0 Å². The zero-order chi connectivity index (χ0) is 17.2. The Hall–Kier alpha value is -3.06. The number of rotatable bonds is 4. The highest BCUT2D eigenvalue weighted by molar-refractivity contribution is 7.00. The SMILES string of the molecule is Cn1nc(-c2ccccc2)cc1CNC(=O)c1cccc2nsnc12. The Bertz CT molecular complexity index is 1040. The molecule has 0 saturated carbocycles. The second-order valence-corrected chi connectivity index (χ2v) is 6.16. The maximum Gasteiger partial charge on any atom is 0.253 e. The molecule has 2 aromatic carbocycles. The number of hydrogen-bond donors (Lipinski definition) is 1. The Morgan fingerprint density at radius 2 is 1.96 bits per heavy atom. The number of nitrogens with one attached hydrogen (secondary N) is 1. The number of hydrogen-bond acceptors (Lipinski definition) is 5. The van der Waals surface area contributed by atoms with Gasteiger partial charge in [-0.25, -0.2) is 0 Å². The summed E-state index contributed by atoms with van der Waals surface area (Å²) in [4.78, 5) is 12.5. The quantitative estimate of drug-likeness (QED) is 0.615. The average Bonchev–Trinajstić information content (AvgIpc) is 3.26. The van der Waals surface area contributed by atoms with Crippen LogP contribution in [0.5, 0.6) is 0 Å². The maximum atomic E-state index is 12.5. The minimum Gasteiger partial charge on any atom is -0.346 e. The molecule has 1 N–H and O–H groups in total. The first-order chi connectivity index (χ1) is 12.2. The minimum absolute atomic E-state index is 0.166. The standard InChI is InChI=1S/C18H15N5OS/c1-23-13(10-16(20-23)12-6-3-2-4-7-12)11-19-18(24)14-8-5-9-15-17(14)22-25-21-15/h2-10H,11H2,1H3,(H,19,24). The number of aryl methyl sites for hydroxylation is 1. The van der Waals surface area contributed by atoms with Crippen LogP contribution in [0.15, 0.2) is 54.6 Å². The van der Waals surface area contributed by atoms with Gasteiger partial charge >= 0.3 is 0 Å². The Kier molecular flexibility index (Phi) is 3.99. The van der Waals surface area contributed by atoms with Crippen molar-refractivity contribution in [3.05, 3.63) is 65.9 Å². The van der Waals surface area contributed by atoms with Gasteiger partial charge in [-0.3, -0.25) is 9.48 Å². The Morgan fingerprint density at radius 1 is 1.12 bits per heavy atom. The van der Waals surface area contributed by atoms with Crippen LogP contribution in [-0.2, 0) is 13.6 Å². The van der Waals surface area contributed by atoms with E-state index in [1.54, 1.807) is 10.7 Å². The van der Waals surface area contributed by atoms with Crippen molar-refractivity contribution in [3.8, 4) is 11.3 Å². The molecule has 0 bridgehead atoms. The van der Waals surface area contributed by atoms with Gasteiger partial charge in [0.1, 0.15) is 11.0 Å². The third kappa shape index (κ3) is 3.01. The fourth-order valence-corrected chi connectivity index (χ4v) is 3.23. The summed E-state index contributed by atoms with van der Waals surface area (Å²) in [5, 5.41) is 7.46. The molecule has 4 aromatic rings. The molecule has 0 saturated heterocycles. The van der Waals surface area contributed by atoms with Crippen LogP contribution in [-0.4, -0.2) is 24.4 Å². The molecule has 0 radical (unpaired) electrons. The molecular weight excluding hydrogens is 334 g/mol. The number of nitrogens with zero attached hydrogens (tertiary/aromatic N) is 4. The molecule has 0 spiro atoms. The van der Waals surface area contributed by atoms with Crippen molar-refractivity contribution in [2.45, 2.75) is 6.54 Å². The molecule has 124 valence electrons. The van der Waals surface area contributed by atoms with Crippen molar-refractivity contribution in [1.82, 2.24) is 23.8 Å². The van der Waals surface area contributed by atoms with E-state index in [9.17, 15) is 4.79 Å². The van der Waals surface area contributed by atoms with E-state index in [2.05, 4.69) is 19.2 Å². The van der Waals surface area contributed by atoms with Gasteiger partial charge in [-0.1, -0.05) is 36.4 Å². The summed E-state index contributed by atoms with van der Waals surface area (Å²) in [6, 6.07) is 17.4. The highest BCUT2D eigenvalue weighted by atomic mass is 32.1. The first-order valence-corrected chi connectivity index (χ1v) is 8.53. The second-order valence-electron chi connectivity index (χ2n) is 5.63. The van der Waals surface area contributed by atoms with E-state index in [-0.39, 0.29) is 5.91 Å². The lowest BCUT2D eigenvalue weighted by Crippen LogP contribution is -2.24. The highest BCUT2D eigenvalue weighted by Crippen LogP contribution is 2.19. The molecule has 25 heavy (non-hydrogen) atoms. The van der Waals surface area contributed by atoms with Gasteiger partial charge in [0.15, 0.2) is 0 Å². The van der Waals surface area contributed by atoms with Gasteiger partial charge in [-0.15, -0.1) is 0 Å². The Labute approximate surface area is 148 Å². The number of carbonyl (C=O) groups is 1. The molecule has 2 aromatic heterocycles. The molecule has 1 amide bonds. The number of benzene rings is 2. The van der Waals surface area contributed by atoms with E-state index in [0.29, 0.717) is 17.6 Å². The van der Waals surface area contributed by atoms with E-state index in [4.69, 9.17) is 0 Å². The van der Waals surface area contributed by atoms with Crippen LogP contribution in [0.1, 0.15) is 16.1 Å². The van der Waals surface area contributed by atoms with Crippen molar-refractivity contribution in [3.63, 3.8) is 0 Å².